The average molecular weight is 522 g/mol. The van der Waals surface area contributed by atoms with E-state index in [1.54, 1.807) is 30.3 Å². The van der Waals surface area contributed by atoms with Gasteiger partial charge < -0.3 is 20.4 Å². The van der Waals surface area contributed by atoms with Crippen LogP contribution in [0.1, 0.15) is 33.6 Å². The molecule has 1 aliphatic heterocycles. The van der Waals surface area contributed by atoms with E-state index in [-0.39, 0.29) is 23.3 Å². The monoisotopic (exact) mass is 521 g/mol. The second-order valence-corrected chi connectivity index (χ2v) is 9.51. The number of rotatable bonds is 6. The number of piperazine rings is 1. The van der Waals surface area contributed by atoms with Crippen molar-refractivity contribution >= 4 is 46.5 Å². The Morgan fingerprint density at radius 2 is 1.54 bits per heavy atom. The van der Waals surface area contributed by atoms with Crippen LogP contribution >= 0.6 is 11.6 Å². The van der Waals surface area contributed by atoms with Crippen molar-refractivity contribution in [2.24, 2.45) is 5.92 Å². The smallest absolute Gasteiger partial charge is 0.257 e. The molecule has 37 heavy (non-hydrogen) atoms. The number of carbonyl (C=O) groups is 3. The molecule has 3 aromatic rings. The largest absolute Gasteiger partial charge is 0.353 e. The van der Waals surface area contributed by atoms with Crippen molar-refractivity contribution in [3.8, 4) is 0 Å². The Bertz CT molecular complexity index is 1320. The molecule has 1 saturated heterocycles. The number of aromatic nitrogens is 1. The summed E-state index contributed by atoms with van der Waals surface area (Å²) in [6.45, 7) is 2.76. The van der Waals surface area contributed by atoms with E-state index in [1.165, 1.54) is 30.5 Å². The number of hydrogen-bond acceptors (Lipinski definition) is 5. The van der Waals surface area contributed by atoms with E-state index in [2.05, 4.69) is 20.5 Å². The zero-order valence-corrected chi connectivity index (χ0v) is 20.7. The molecule has 0 radical (unpaired) electrons. The number of halogens is 2. The van der Waals surface area contributed by atoms with Gasteiger partial charge in [0.05, 0.1) is 16.3 Å². The summed E-state index contributed by atoms with van der Waals surface area (Å²) in [7, 11) is 0. The summed E-state index contributed by atoms with van der Waals surface area (Å²) in [5, 5.41) is 5.75. The lowest BCUT2D eigenvalue weighted by Crippen LogP contribution is -2.49. The Labute approximate surface area is 218 Å². The number of nitrogens with zero attached hydrogens (tertiary/aromatic N) is 3. The van der Waals surface area contributed by atoms with Gasteiger partial charge in [-0.05, 0) is 67.4 Å². The zero-order valence-electron chi connectivity index (χ0n) is 19.9. The van der Waals surface area contributed by atoms with Crippen molar-refractivity contribution < 1.29 is 18.8 Å². The first-order valence-corrected chi connectivity index (χ1v) is 12.4. The molecule has 1 aromatic heterocycles. The van der Waals surface area contributed by atoms with Crippen LogP contribution in [0, 0.1) is 11.7 Å². The van der Waals surface area contributed by atoms with Gasteiger partial charge in [0, 0.05) is 49.5 Å². The predicted octanol–water partition coefficient (Wildman–Crippen LogP) is 4.44. The van der Waals surface area contributed by atoms with Crippen LogP contribution < -0.4 is 15.5 Å². The number of hydrogen-bond donors (Lipinski definition) is 2. The molecule has 5 rings (SSSR count). The van der Waals surface area contributed by atoms with Gasteiger partial charge in [-0.1, -0.05) is 11.6 Å². The molecule has 0 atom stereocenters. The Kier molecular flexibility index (Phi) is 7.05. The fraction of sp³-hybridized carbons (Fsp3) is 0.259. The van der Waals surface area contributed by atoms with Gasteiger partial charge in [-0.25, -0.2) is 9.37 Å². The van der Waals surface area contributed by atoms with Crippen LogP contribution in [0.2, 0.25) is 5.02 Å². The third-order valence-corrected chi connectivity index (χ3v) is 6.76. The number of nitrogens with one attached hydrogen (secondary N) is 2. The minimum absolute atomic E-state index is 0.227. The van der Waals surface area contributed by atoms with Crippen molar-refractivity contribution in [3.63, 3.8) is 0 Å². The SMILES string of the molecule is O=C(Nc1ccc(Cl)c(NC(=O)c2ccc(F)cc2)c1)c1ccc(N2CCN(C(=O)C3CC3)CC2)nc1. The fourth-order valence-corrected chi connectivity index (χ4v) is 4.31. The highest BCUT2D eigenvalue weighted by Crippen LogP contribution is 2.31. The topological polar surface area (TPSA) is 94.6 Å². The van der Waals surface area contributed by atoms with E-state index in [4.69, 9.17) is 11.6 Å². The van der Waals surface area contributed by atoms with E-state index in [9.17, 15) is 18.8 Å². The minimum atomic E-state index is -0.456. The fourth-order valence-electron chi connectivity index (χ4n) is 4.15. The van der Waals surface area contributed by atoms with Gasteiger partial charge in [-0.15, -0.1) is 0 Å². The Morgan fingerprint density at radius 3 is 2.19 bits per heavy atom. The van der Waals surface area contributed by atoms with Crippen molar-refractivity contribution in [2.45, 2.75) is 12.8 Å². The summed E-state index contributed by atoms with van der Waals surface area (Å²) < 4.78 is 13.1. The maximum absolute atomic E-state index is 13.1. The molecule has 3 amide bonds. The summed E-state index contributed by atoms with van der Waals surface area (Å²) in [6.07, 6.45) is 3.53. The van der Waals surface area contributed by atoms with Crippen molar-refractivity contribution in [1.82, 2.24) is 9.88 Å². The highest BCUT2D eigenvalue weighted by Gasteiger charge is 2.34. The highest BCUT2D eigenvalue weighted by atomic mass is 35.5. The summed E-state index contributed by atoms with van der Waals surface area (Å²) in [4.78, 5) is 46.0. The van der Waals surface area contributed by atoms with Gasteiger partial charge in [0.15, 0.2) is 0 Å². The molecule has 2 aliphatic rings. The molecular formula is C27H25ClFN5O3. The summed E-state index contributed by atoms with van der Waals surface area (Å²) in [5.74, 6) is -0.0118. The number of benzene rings is 2. The third kappa shape index (κ3) is 5.89. The molecule has 1 saturated carbocycles. The van der Waals surface area contributed by atoms with Gasteiger partial charge in [-0.2, -0.15) is 0 Å². The van der Waals surface area contributed by atoms with Crippen molar-refractivity contribution in [1.29, 1.82) is 0 Å². The van der Waals surface area contributed by atoms with Crippen molar-refractivity contribution in [2.75, 3.05) is 41.7 Å². The summed E-state index contributed by atoms with van der Waals surface area (Å²) in [5.41, 5.74) is 1.39. The maximum atomic E-state index is 13.1. The van der Waals surface area contributed by atoms with Gasteiger partial charge in [-0.3, -0.25) is 14.4 Å². The number of carbonyl (C=O) groups excluding carboxylic acids is 3. The van der Waals surface area contributed by atoms with Crippen LogP contribution in [0.5, 0.6) is 0 Å². The lowest BCUT2D eigenvalue weighted by Gasteiger charge is -2.35. The van der Waals surface area contributed by atoms with E-state index >= 15 is 0 Å². The second-order valence-electron chi connectivity index (χ2n) is 9.10. The Balaban J connectivity index is 1.19. The maximum Gasteiger partial charge on any atom is 0.257 e. The molecule has 190 valence electrons. The third-order valence-electron chi connectivity index (χ3n) is 6.43. The Hall–Kier alpha value is -3.98. The first-order chi connectivity index (χ1) is 17.9. The predicted molar refractivity (Wildman–Crippen MR) is 140 cm³/mol. The molecule has 2 aromatic carbocycles. The van der Waals surface area contributed by atoms with Crippen LogP contribution in [0.25, 0.3) is 0 Å². The molecule has 2 fully saturated rings. The normalized spacial score (nSPS) is 15.3. The minimum Gasteiger partial charge on any atom is -0.353 e. The molecule has 1 aliphatic carbocycles. The van der Waals surface area contributed by atoms with Crippen LogP contribution in [0.15, 0.2) is 60.8 Å². The first-order valence-electron chi connectivity index (χ1n) is 12.0. The first kappa shape index (κ1) is 24.7. The molecule has 10 heteroatoms. The van der Waals surface area contributed by atoms with E-state index in [0.717, 1.165) is 18.7 Å². The molecule has 2 heterocycles. The Morgan fingerprint density at radius 1 is 0.865 bits per heavy atom. The molecule has 0 spiro atoms. The molecule has 8 nitrogen and oxygen atoms in total. The van der Waals surface area contributed by atoms with E-state index in [1.807, 2.05) is 4.90 Å². The van der Waals surface area contributed by atoms with Crippen LogP contribution in [-0.4, -0.2) is 53.8 Å². The molecule has 0 unspecified atom stereocenters. The lowest BCUT2D eigenvalue weighted by atomic mass is 10.2. The number of pyridine rings is 1. The van der Waals surface area contributed by atoms with Gasteiger partial charge in [0.25, 0.3) is 11.8 Å². The standard InChI is InChI=1S/C27H25ClFN5O3/c28-22-9-8-21(15-23(22)32-25(35)17-3-6-20(29)7-4-17)31-26(36)19-5-10-24(30-16-19)33-11-13-34(14-12-33)27(37)18-1-2-18/h3-10,15-16,18H,1-2,11-14H2,(H,31,36)(H,32,35). The summed E-state index contributed by atoms with van der Waals surface area (Å²) >= 11 is 6.22. The van der Waals surface area contributed by atoms with Crippen LogP contribution in [-0.2, 0) is 4.79 Å². The van der Waals surface area contributed by atoms with Crippen LogP contribution in [0.3, 0.4) is 0 Å². The van der Waals surface area contributed by atoms with E-state index in [0.29, 0.717) is 48.1 Å². The molecule has 0 bridgehead atoms. The zero-order chi connectivity index (χ0) is 25.9. The van der Waals surface area contributed by atoms with Crippen LogP contribution in [0.4, 0.5) is 21.6 Å². The van der Waals surface area contributed by atoms with Gasteiger partial charge in [0.2, 0.25) is 5.91 Å². The van der Waals surface area contributed by atoms with Gasteiger partial charge in [0.1, 0.15) is 11.6 Å². The van der Waals surface area contributed by atoms with Crippen molar-refractivity contribution in [3.05, 3.63) is 82.8 Å². The summed E-state index contributed by atoms with van der Waals surface area (Å²) in [6, 6.07) is 13.4. The molecule has 2 N–H and O–H groups in total. The molecular weight excluding hydrogens is 497 g/mol. The quantitative estimate of drug-likeness (QED) is 0.500. The van der Waals surface area contributed by atoms with Gasteiger partial charge >= 0.3 is 0 Å². The number of anilines is 3. The highest BCUT2D eigenvalue weighted by molar-refractivity contribution is 6.34. The second kappa shape index (κ2) is 10.6. The average Bonchev–Trinajstić information content (AvgIpc) is 3.76. The van der Waals surface area contributed by atoms with E-state index < -0.39 is 11.7 Å². The number of amides is 3. The lowest BCUT2D eigenvalue weighted by molar-refractivity contribution is -0.132.